The number of pyridine rings is 1. The molecule has 1 aromatic rings. The molecular weight excluding hydrogens is 249 g/mol. The highest BCUT2D eigenvalue weighted by Gasteiger charge is 2.22. The van der Waals surface area contributed by atoms with Gasteiger partial charge < -0.3 is 10.6 Å². The third kappa shape index (κ3) is 4.65. The third-order valence-electron chi connectivity index (χ3n) is 2.80. The quantitative estimate of drug-likeness (QED) is 0.595. The molecule has 2 rings (SSSR count). The Labute approximate surface area is 110 Å². The summed E-state index contributed by atoms with van der Waals surface area (Å²) in [7, 11) is 0. The second kappa shape index (κ2) is 6.26. The second-order valence-electron chi connectivity index (χ2n) is 4.57. The van der Waals surface area contributed by atoms with E-state index in [1.807, 2.05) is 0 Å². The van der Waals surface area contributed by atoms with Gasteiger partial charge in [0.25, 0.3) is 5.91 Å². The van der Waals surface area contributed by atoms with E-state index in [1.54, 1.807) is 0 Å². The van der Waals surface area contributed by atoms with Crippen molar-refractivity contribution in [1.82, 2.24) is 15.6 Å². The van der Waals surface area contributed by atoms with Gasteiger partial charge in [-0.05, 0) is 25.3 Å². The SMILES string of the molecule is O=C(CCCNC(=O)c1ccnc(F)c1)NC1CC1. The van der Waals surface area contributed by atoms with E-state index in [4.69, 9.17) is 0 Å². The molecule has 0 saturated heterocycles. The smallest absolute Gasteiger partial charge is 0.251 e. The third-order valence-corrected chi connectivity index (χ3v) is 2.80. The molecule has 0 unspecified atom stereocenters. The lowest BCUT2D eigenvalue weighted by atomic mass is 10.2. The number of carbonyl (C=O) groups excluding carboxylic acids is 2. The van der Waals surface area contributed by atoms with E-state index in [-0.39, 0.29) is 17.4 Å². The van der Waals surface area contributed by atoms with Crippen LogP contribution in [0.25, 0.3) is 0 Å². The molecule has 2 amide bonds. The molecule has 1 fully saturated rings. The lowest BCUT2D eigenvalue weighted by Gasteiger charge is -2.05. The van der Waals surface area contributed by atoms with Gasteiger partial charge in [0.05, 0.1) is 0 Å². The molecule has 2 N–H and O–H groups in total. The van der Waals surface area contributed by atoms with Crippen LogP contribution in [0.15, 0.2) is 18.3 Å². The Morgan fingerprint density at radius 1 is 1.42 bits per heavy atom. The molecule has 5 nitrogen and oxygen atoms in total. The topological polar surface area (TPSA) is 71.1 Å². The number of carbonyl (C=O) groups is 2. The van der Waals surface area contributed by atoms with Crippen molar-refractivity contribution in [2.75, 3.05) is 6.54 Å². The molecule has 6 heteroatoms. The van der Waals surface area contributed by atoms with Crippen LogP contribution in [0.5, 0.6) is 0 Å². The van der Waals surface area contributed by atoms with Gasteiger partial charge in [-0.25, -0.2) is 4.98 Å². The van der Waals surface area contributed by atoms with Gasteiger partial charge in [-0.2, -0.15) is 4.39 Å². The van der Waals surface area contributed by atoms with E-state index in [1.165, 1.54) is 12.3 Å². The Hall–Kier alpha value is -1.98. The fourth-order valence-corrected chi connectivity index (χ4v) is 1.62. The summed E-state index contributed by atoms with van der Waals surface area (Å²) in [5.74, 6) is -1.02. The zero-order valence-corrected chi connectivity index (χ0v) is 10.5. The molecule has 0 aliphatic heterocycles. The monoisotopic (exact) mass is 265 g/mol. The highest BCUT2D eigenvalue weighted by atomic mass is 19.1. The van der Waals surface area contributed by atoms with Crippen LogP contribution in [0.4, 0.5) is 4.39 Å². The molecule has 102 valence electrons. The average molecular weight is 265 g/mol. The van der Waals surface area contributed by atoms with Crippen molar-refractivity contribution in [3.05, 3.63) is 29.8 Å². The van der Waals surface area contributed by atoms with E-state index >= 15 is 0 Å². The first-order valence-corrected chi connectivity index (χ1v) is 6.34. The average Bonchev–Trinajstić information content (AvgIpc) is 3.18. The van der Waals surface area contributed by atoms with E-state index in [0.717, 1.165) is 18.9 Å². The van der Waals surface area contributed by atoms with Crippen molar-refractivity contribution in [1.29, 1.82) is 0 Å². The second-order valence-corrected chi connectivity index (χ2v) is 4.57. The van der Waals surface area contributed by atoms with Crippen molar-refractivity contribution in [3.8, 4) is 0 Å². The molecular formula is C13H16FN3O2. The Morgan fingerprint density at radius 2 is 2.21 bits per heavy atom. The van der Waals surface area contributed by atoms with Gasteiger partial charge in [0.1, 0.15) is 0 Å². The van der Waals surface area contributed by atoms with Crippen molar-refractivity contribution in [2.24, 2.45) is 0 Å². The van der Waals surface area contributed by atoms with Gasteiger partial charge in [0.15, 0.2) is 0 Å². The van der Waals surface area contributed by atoms with Crippen LogP contribution < -0.4 is 10.6 Å². The maximum Gasteiger partial charge on any atom is 0.251 e. The van der Waals surface area contributed by atoms with Crippen LogP contribution in [-0.2, 0) is 4.79 Å². The minimum absolute atomic E-state index is 0.0201. The lowest BCUT2D eigenvalue weighted by Crippen LogP contribution is -2.28. The molecule has 1 aliphatic rings. The van der Waals surface area contributed by atoms with Gasteiger partial charge in [-0.15, -0.1) is 0 Å². The number of halogens is 1. The number of nitrogens with one attached hydrogen (secondary N) is 2. The predicted molar refractivity (Wildman–Crippen MR) is 66.9 cm³/mol. The fraction of sp³-hybridized carbons (Fsp3) is 0.462. The van der Waals surface area contributed by atoms with Gasteiger partial charge in [-0.1, -0.05) is 0 Å². The first-order valence-electron chi connectivity index (χ1n) is 6.34. The predicted octanol–water partition coefficient (Wildman–Crippen LogP) is 1.01. The van der Waals surface area contributed by atoms with Gasteiger partial charge in [-0.3, -0.25) is 9.59 Å². The summed E-state index contributed by atoms with van der Waals surface area (Å²) < 4.78 is 12.8. The van der Waals surface area contributed by atoms with E-state index in [9.17, 15) is 14.0 Å². The molecule has 0 radical (unpaired) electrons. The summed E-state index contributed by atoms with van der Waals surface area (Å²) in [6.45, 7) is 0.390. The molecule has 1 saturated carbocycles. The molecule has 0 spiro atoms. The van der Waals surface area contributed by atoms with Gasteiger partial charge in [0, 0.05) is 36.8 Å². The maximum atomic E-state index is 12.8. The van der Waals surface area contributed by atoms with E-state index in [0.29, 0.717) is 25.4 Å². The number of rotatable bonds is 6. The minimum atomic E-state index is -0.684. The van der Waals surface area contributed by atoms with Crippen LogP contribution in [0.1, 0.15) is 36.0 Å². The van der Waals surface area contributed by atoms with E-state index < -0.39 is 5.95 Å². The highest BCUT2D eigenvalue weighted by Crippen LogP contribution is 2.18. The number of aromatic nitrogens is 1. The van der Waals surface area contributed by atoms with Crippen molar-refractivity contribution in [3.63, 3.8) is 0 Å². The van der Waals surface area contributed by atoms with Gasteiger partial charge in [0.2, 0.25) is 11.9 Å². The Kier molecular flexibility index (Phi) is 4.43. The Morgan fingerprint density at radius 3 is 2.89 bits per heavy atom. The first kappa shape index (κ1) is 13.5. The Balaban J connectivity index is 1.64. The number of nitrogens with zero attached hydrogens (tertiary/aromatic N) is 1. The van der Waals surface area contributed by atoms with Crippen LogP contribution in [0.3, 0.4) is 0 Å². The summed E-state index contributed by atoms with van der Waals surface area (Å²) in [4.78, 5) is 26.4. The van der Waals surface area contributed by atoms with Crippen LogP contribution in [0, 0.1) is 5.95 Å². The van der Waals surface area contributed by atoms with Gasteiger partial charge >= 0.3 is 0 Å². The van der Waals surface area contributed by atoms with Crippen molar-refractivity contribution < 1.29 is 14.0 Å². The maximum absolute atomic E-state index is 12.8. The molecule has 0 aromatic carbocycles. The largest absolute Gasteiger partial charge is 0.353 e. The zero-order chi connectivity index (χ0) is 13.7. The number of hydrogen-bond donors (Lipinski definition) is 2. The summed E-state index contributed by atoms with van der Waals surface area (Å²) in [5.41, 5.74) is 0.231. The highest BCUT2D eigenvalue weighted by molar-refractivity contribution is 5.94. The summed E-state index contributed by atoms with van der Waals surface area (Å²) >= 11 is 0. The Bertz CT molecular complexity index is 475. The van der Waals surface area contributed by atoms with Crippen LogP contribution >= 0.6 is 0 Å². The number of amides is 2. The summed E-state index contributed by atoms with van der Waals surface area (Å²) in [5, 5.41) is 5.51. The summed E-state index contributed by atoms with van der Waals surface area (Å²) in [6, 6.07) is 2.88. The van der Waals surface area contributed by atoms with Crippen LogP contribution in [-0.4, -0.2) is 29.4 Å². The molecule has 1 heterocycles. The fourth-order valence-electron chi connectivity index (χ4n) is 1.62. The van der Waals surface area contributed by atoms with Crippen molar-refractivity contribution >= 4 is 11.8 Å². The normalized spacial score (nSPS) is 13.9. The van der Waals surface area contributed by atoms with E-state index in [2.05, 4.69) is 15.6 Å². The lowest BCUT2D eigenvalue weighted by molar-refractivity contribution is -0.121. The molecule has 1 aromatic heterocycles. The number of hydrogen-bond acceptors (Lipinski definition) is 3. The molecule has 0 atom stereocenters. The zero-order valence-electron chi connectivity index (χ0n) is 10.5. The molecule has 1 aliphatic carbocycles. The standard InChI is InChI=1S/C13H16FN3O2/c14-11-8-9(5-7-15-11)13(19)16-6-1-2-12(18)17-10-3-4-10/h5,7-8,10H,1-4,6H2,(H,16,19)(H,17,18). The van der Waals surface area contributed by atoms with Crippen molar-refractivity contribution in [2.45, 2.75) is 31.7 Å². The summed E-state index contributed by atoms with van der Waals surface area (Å²) in [6.07, 6.45) is 4.33. The molecule has 19 heavy (non-hydrogen) atoms. The first-order chi connectivity index (χ1) is 9.15. The van der Waals surface area contributed by atoms with Crippen LogP contribution in [0.2, 0.25) is 0 Å². The minimum Gasteiger partial charge on any atom is -0.353 e. The molecule has 0 bridgehead atoms.